The predicted molar refractivity (Wildman–Crippen MR) is 44.6 cm³/mol. The fourth-order valence-electron chi connectivity index (χ4n) is 0.530. The zero-order valence-corrected chi connectivity index (χ0v) is 6.91. The summed E-state index contributed by atoms with van der Waals surface area (Å²) in [6.45, 7) is 0. The van der Waals surface area contributed by atoms with Crippen molar-refractivity contribution in [2.45, 2.75) is 0 Å². The van der Waals surface area contributed by atoms with Gasteiger partial charge < -0.3 is 4.74 Å². The van der Waals surface area contributed by atoms with E-state index in [9.17, 15) is 9.59 Å². The summed E-state index contributed by atoms with van der Waals surface area (Å²) in [6, 6.07) is 4.04. The van der Waals surface area contributed by atoms with Crippen LogP contribution in [0.4, 0.5) is 0 Å². The minimum atomic E-state index is -0.579. The molecule has 0 amide bonds. The molecular weight excluding hydrogens is 176 g/mol. The van der Waals surface area contributed by atoms with Crippen LogP contribution in [0.2, 0.25) is 0 Å². The largest absolute Gasteiger partial charge is 0.387 e. The molecule has 0 unspecified atom stereocenters. The Balaban J connectivity index is 0.000000127. The van der Waals surface area contributed by atoms with Crippen molar-refractivity contribution in [3.63, 3.8) is 0 Å². The van der Waals surface area contributed by atoms with Crippen LogP contribution in [0.3, 0.4) is 0 Å². The second-order valence-electron chi connectivity index (χ2n) is 1.87. The number of thiophene rings is 1. The van der Waals surface area contributed by atoms with Gasteiger partial charge in [0, 0.05) is 12.2 Å². The summed E-state index contributed by atoms with van der Waals surface area (Å²) >= 11 is 1.71. The average molecular weight is 182 g/mol. The summed E-state index contributed by atoms with van der Waals surface area (Å²) in [6.07, 6.45) is 2.17. The molecule has 0 aromatic carbocycles. The first-order valence-corrected chi connectivity index (χ1v) is 4.14. The second kappa shape index (κ2) is 4.46. The van der Waals surface area contributed by atoms with E-state index in [4.69, 9.17) is 0 Å². The van der Waals surface area contributed by atoms with Crippen molar-refractivity contribution in [1.29, 1.82) is 0 Å². The second-order valence-corrected chi connectivity index (χ2v) is 2.68. The van der Waals surface area contributed by atoms with E-state index in [0.29, 0.717) is 0 Å². The van der Waals surface area contributed by atoms with Gasteiger partial charge in [0.2, 0.25) is 0 Å². The number of hydrogen-bond acceptors (Lipinski definition) is 4. The molecule has 0 saturated heterocycles. The standard InChI is InChI=1S/C4H2O3.C4H4S/c5-3-1-2-4(6)7-3;1-2-4-5-3-1/h1-2H;1-4H. The van der Waals surface area contributed by atoms with Crippen molar-refractivity contribution in [2.24, 2.45) is 0 Å². The molecule has 0 N–H and O–H groups in total. The van der Waals surface area contributed by atoms with E-state index in [2.05, 4.69) is 4.74 Å². The summed E-state index contributed by atoms with van der Waals surface area (Å²) in [4.78, 5) is 19.8. The lowest BCUT2D eigenvalue weighted by molar-refractivity contribution is -0.150. The normalized spacial score (nSPS) is 13.7. The van der Waals surface area contributed by atoms with Gasteiger partial charge in [-0.25, -0.2) is 9.59 Å². The highest BCUT2D eigenvalue weighted by Crippen LogP contribution is 1.92. The molecule has 4 heteroatoms. The van der Waals surface area contributed by atoms with Crippen molar-refractivity contribution in [1.82, 2.24) is 0 Å². The SMILES string of the molecule is O=C1C=CC(=O)O1.c1ccsc1. The van der Waals surface area contributed by atoms with Crippen LogP contribution < -0.4 is 0 Å². The molecule has 12 heavy (non-hydrogen) atoms. The highest BCUT2D eigenvalue weighted by Gasteiger charge is 2.10. The fourth-order valence-corrected chi connectivity index (χ4v) is 0.984. The molecule has 0 aliphatic carbocycles. The average Bonchev–Trinajstić information content (AvgIpc) is 2.63. The lowest BCUT2D eigenvalue weighted by Crippen LogP contribution is -1.96. The number of carbonyl (C=O) groups is 2. The third-order valence-corrected chi connectivity index (χ3v) is 1.61. The number of hydrogen-bond donors (Lipinski definition) is 0. The highest BCUT2D eigenvalue weighted by atomic mass is 32.1. The molecule has 0 bridgehead atoms. The van der Waals surface area contributed by atoms with Crippen molar-refractivity contribution in [3.05, 3.63) is 35.0 Å². The summed E-state index contributed by atoms with van der Waals surface area (Å²) in [7, 11) is 0. The number of rotatable bonds is 0. The molecular formula is C8H6O3S. The zero-order chi connectivity index (χ0) is 8.81. The fraction of sp³-hybridized carbons (Fsp3) is 0. The summed E-state index contributed by atoms with van der Waals surface area (Å²) < 4.78 is 3.97. The lowest BCUT2D eigenvalue weighted by Gasteiger charge is -1.80. The number of carbonyl (C=O) groups excluding carboxylic acids is 2. The van der Waals surface area contributed by atoms with Crippen LogP contribution >= 0.6 is 11.3 Å². The van der Waals surface area contributed by atoms with Gasteiger partial charge in [-0.15, -0.1) is 0 Å². The highest BCUT2D eigenvalue weighted by molar-refractivity contribution is 7.07. The Hall–Kier alpha value is -1.42. The first kappa shape index (κ1) is 8.67. The van der Waals surface area contributed by atoms with Crippen molar-refractivity contribution >= 4 is 23.3 Å². The molecule has 2 rings (SSSR count). The van der Waals surface area contributed by atoms with Gasteiger partial charge in [0.15, 0.2) is 0 Å². The van der Waals surface area contributed by atoms with Crippen molar-refractivity contribution < 1.29 is 14.3 Å². The Morgan fingerprint density at radius 1 is 1.00 bits per heavy atom. The van der Waals surface area contributed by atoms with E-state index in [0.717, 1.165) is 12.2 Å². The van der Waals surface area contributed by atoms with E-state index in [-0.39, 0.29) is 0 Å². The van der Waals surface area contributed by atoms with Crippen LogP contribution in [0.25, 0.3) is 0 Å². The molecule has 1 aromatic heterocycles. The van der Waals surface area contributed by atoms with Gasteiger partial charge in [0.25, 0.3) is 0 Å². The van der Waals surface area contributed by atoms with Gasteiger partial charge in [0.05, 0.1) is 0 Å². The first-order chi connectivity index (χ1) is 5.79. The van der Waals surface area contributed by atoms with Gasteiger partial charge in [0.1, 0.15) is 0 Å². The van der Waals surface area contributed by atoms with Crippen LogP contribution in [-0.2, 0) is 14.3 Å². The van der Waals surface area contributed by atoms with Crippen LogP contribution in [0.5, 0.6) is 0 Å². The third-order valence-electron chi connectivity index (χ3n) is 0.982. The van der Waals surface area contributed by atoms with Gasteiger partial charge in [-0.2, -0.15) is 11.3 Å². The first-order valence-electron chi connectivity index (χ1n) is 3.20. The maximum absolute atomic E-state index is 9.92. The third kappa shape index (κ3) is 3.12. The Labute approximate surface area is 73.3 Å². The molecule has 0 spiro atoms. The van der Waals surface area contributed by atoms with Gasteiger partial charge in [-0.05, 0) is 10.8 Å². The molecule has 0 saturated carbocycles. The van der Waals surface area contributed by atoms with Crippen molar-refractivity contribution in [3.8, 4) is 0 Å². The summed E-state index contributed by atoms with van der Waals surface area (Å²) in [5, 5.41) is 4.08. The van der Waals surface area contributed by atoms with Gasteiger partial charge in [-0.3, -0.25) is 0 Å². The maximum atomic E-state index is 9.92. The molecule has 1 aliphatic rings. The van der Waals surface area contributed by atoms with Crippen LogP contribution in [0.1, 0.15) is 0 Å². The molecule has 0 atom stereocenters. The van der Waals surface area contributed by atoms with E-state index in [1.807, 2.05) is 22.9 Å². The smallest absolute Gasteiger partial charge is 0.338 e. The quantitative estimate of drug-likeness (QED) is 0.449. The van der Waals surface area contributed by atoms with E-state index in [1.165, 1.54) is 0 Å². The van der Waals surface area contributed by atoms with Crippen molar-refractivity contribution in [2.75, 3.05) is 0 Å². The minimum Gasteiger partial charge on any atom is -0.387 e. The van der Waals surface area contributed by atoms with E-state index >= 15 is 0 Å². The Morgan fingerprint density at radius 2 is 1.50 bits per heavy atom. The molecule has 62 valence electrons. The van der Waals surface area contributed by atoms with Crippen LogP contribution in [0, 0.1) is 0 Å². The Kier molecular flexibility index (Phi) is 3.22. The summed E-state index contributed by atoms with van der Waals surface area (Å²) in [5.41, 5.74) is 0. The number of cyclic esters (lactones) is 2. The van der Waals surface area contributed by atoms with E-state index < -0.39 is 11.9 Å². The Bertz CT molecular complexity index is 254. The Morgan fingerprint density at radius 3 is 1.67 bits per heavy atom. The van der Waals surface area contributed by atoms with Gasteiger partial charge in [-0.1, -0.05) is 12.1 Å². The predicted octanol–water partition coefficient (Wildman–Crippen LogP) is 1.37. The topological polar surface area (TPSA) is 43.4 Å². The molecule has 0 radical (unpaired) electrons. The number of ether oxygens (including phenoxy) is 1. The maximum Gasteiger partial charge on any atom is 0.338 e. The molecule has 1 aromatic rings. The van der Waals surface area contributed by atoms with Gasteiger partial charge >= 0.3 is 11.9 Å². The molecule has 1 aliphatic heterocycles. The van der Waals surface area contributed by atoms with E-state index in [1.54, 1.807) is 11.3 Å². The molecule has 3 nitrogen and oxygen atoms in total. The lowest BCUT2D eigenvalue weighted by atomic mass is 10.6. The zero-order valence-electron chi connectivity index (χ0n) is 6.10. The minimum absolute atomic E-state index is 0.579. The number of esters is 2. The monoisotopic (exact) mass is 182 g/mol. The molecule has 0 fully saturated rings. The van der Waals surface area contributed by atoms with Crippen LogP contribution in [0.15, 0.2) is 35.0 Å². The summed E-state index contributed by atoms with van der Waals surface area (Å²) in [5.74, 6) is -1.16. The molecule has 2 heterocycles. The van der Waals surface area contributed by atoms with Crippen LogP contribution in [-0.4, -0.2) is 11.9 Å².